The van der Waals surface area contributed by atoms with E-state index in [1.165, 1.54) is 57.8 Å². The van der Waals surface area contributed by atoms with E-state index in [1.54, 1.807) is 0 Å². The van der Waals surface area contributed by atoms with Crippen molar-refractivity contribution in [2.75, 3.05) is 0 Å². The molecule has 1 saturated carbocycles. The van der Waals surface area contributed by atoms with Gasteiger partial charge in [-0.1, -0.05) is 52.9 Å². The van der Waals surface area contributed by atoms with Crippen LogP contribution in [0.1, 0.15) is 85.5 Å². The minimum absolute atomic E-state index is 0.715. The predicted octanol–water partition coefficient (Wildman–Crippen LogP) is 5.15. The van der Waals surface area contributed by atoms with Crippen molar-refractivity contribution in [3.05, 3.63) is 0 Å². The summed E-state index contributed by atoms with van der Waals surface area (Å²) in [6.07, 6.45) is 12.6. The molecule has 0 amide bonds. The first-order valence-electron chi connectivity index (χ1n) is 8.39. The minimum atomic E-state index is 0.715. The highest BCUT2D eigenvalue weighted by molar-refractivity contribution is 4.82. The molecule has 1 fully saturated rings. The van der Waals surface area contributed by atoms with Crippen molar-refractivity contribution < 1.29 is 0 Å². The van der Waals surface area contributed by atoms with E-state index in [1.807, 2.05) is 0 Å². The highest BCUT2D eigenvalue weighted by Crippen LogP contribution is 2.29. The Morgan fingerprint density at radius 2 is 1.78 bits per heavy atom. The third-order valence-corrected chi connectivity index (χ3v) is 4.67. The molecule has 1 aliphatic rings. The molecule has 0 aromatic rings. The summed E-state index contributed by atoms with van der Waals surface area (Å²) in [5.41, 5.74) is 0. The van der Waals surface area contributed by atoms with E-state index in [0.717, 1.165) is 17.9 Å². The maximum absolute atomic E-state index is 3.88. The maximum Gasteiger partial charge on any atom is 0.00953 e. The van der Waals surface area contributed by atoms with E-state index in [2.05, 4.69) is 33.0 Å². The van der Waals surface area contributed by atoms with Crippen LogP contribution in [0, 0.1) is 11.8 Å². The van der Waals surface area contributed by atoms with Gasteiger partial charge in [0.2, 0.25) is 0 Å². The normalized spacial score (nSPS) is 30.3. The monoisotopic (exact) mass is 253 g/mol. The lowest BCUT2D eigenvalue weighted by Crippen LogP contribution is -2.43. The Labute approximate surface area is 115 Å². The Bertz CT molecular complexity index is 202. The largest absolute Gasteiger partial charge is 0.311 e. The summed E-state index contributed by atoms with van der Waals surface area (Å²) in [7, 11) is 0. The van der Waals surface area contributed by atoms with E-state index in [4.69, 9.17) is 0 Å². The minimum Gasteiger partial charge on any atom is -0.311 e. The van der Waals surface area contributed by atoms with Gasteiger partial charge >= 0.3 is 0 Å². The van der Waals surface area contributed by atoms with Crippen molar-refractivity contribution in [3.8, 4) is 0 Å². The number of rotatable bonds is 8. The van der Waals surface area contributed by atoms with Crippen molar-refractivity contribution in [2.45, 2.75) is 97.6 Å². The molecule has 108 valence electrons. The highest BCUT2D eigenvalue weighted by atomic mass is 14.9. The molecule has 0 spiro atoms. The SMILES string of the molecule is CCCCCCCC(C)NC1CCC(C)CC1C. The number of nitrogens with one attached hydrogen (secondary N) is 1. The fourth-order valence-corrected chi connectivity index (χ4v) is 3.42. The molecular formula is C17H35N. The van der Waals surface area contributed by atoms with E-state index in [0.29, 0.717) is 6.04 Å². The van der Waals surface area contributed by atoms with E-state index in [-0.39, 0.29) is 0 Å². The second-order valence-corrected chi connectivity index (χ2v) is 6.77. The van der Waals surface area contributed by atoms with Crippen LogP contribution in [0.15, 0.2) is 0 Å². The third-order valence-electron chi connectivity index (χ3n) is 4.67. The zero-order valence-electron chi connectivity index (χ0n) is 13.2. The molecule has 1 rings (SSSR count). The van der Waals surface area contributed by atoms with Gasteiger partial charge in [-0.2, -0.15) is 0 Å². The van der Waals surface area contributed by atoms with Crippen molar-refractivity contribution in [1.82, 2.24) is 5.32 Å². The number of hydrogen-bond acceptors (Lipinski definition) is 1. The lowest BCUT2D eigenvalue weighted by molar-refractivity contribution is 0.213. The highest BCUT2D eigenvalue weighted by Gasteiger charge is 2.25. The lowest BCUT2D eigenvalue weighted by atomic mass is 9.79. The van der Waals surface area contributed by atoms with Gasteiger partial charge in [-0.25, -0.2) is 0 Å². The second-order valence-electron chi connectivity index (χ2n) is 6.77. The Kier molecular flexibility index (Phi) is 7.97. The molecule has 1 aliphatic carbocycles. The Hall–Kier alpha value is -0.0400. The zero-order chi connectivity index (χ0) is 13.4. The smallest absolute Gasteiger partial charge is 0.00953 e. The average Bonchev–Trinajstić information content (AvgIpc) is 2.32. The van der Waals surface area contributed by atoms with Crippen molar-refractivity contribution >= 4 is 0 Å². The summed E-state index contributed by atoms with van der Waals surface area (Å²) in [6, 6.07) is 1.50. The molecule has 0 heterocycles. The quantitative estimate of drug-likeness (QED) is 0.590. The van der Waals surface area contributed by atoms with Crippen LogP contribution in [0.3, 0.4) is 0 Å². The first-order chi connectivity index (χ1) is 8.63. The van der Waals surface area contributed by atoms with Crippen LogP contribution >= 0.6 is 0 Å². The van der Waals surface area contributed by atoms with Gasteiger partial charge in [0.05, 0.1) is 0 Å². The molecule has 0 radical (unpaired) electrons. The molecule has 1 nitrogen and oxygen atoms in total. The Balaban J connectivity index is 2.09. The lowest BCUT2D eigenvalue weighted by Gasteiger charge is -2.35. The van der Waals surface area contributed by atoms with Crippen LogP contribution in [0.25, 0.3) is 0 Å². The van der Waals surface area contributed by atoms with Crippen LogP contribution in [0.2, 0.25) is 0 Å². The van der Waals surface area contributed by atoms with Gasteiger partial charge in [-0.15, -0.1) is 0 Å². The van der Waals surface area contributed by atoms with Gasteiger partial charge in [-0.05, 0) is 44.4 Å². The molecule has 0 aromatic heterocycles. The molecule has 0 aliphatic heterocycles. The van der Waals surface area contributed by atoms with Crippen LogP contribution in [0.5, 0.6) is 0 Å². The van der Waals surface area contributed by atoms with Crippen LogP contribution < -0.4 is 5.32 Å². The molecule has 0 saturated heterocycles. The first-order valence-corrected chi connectivity index (χ1v) is 8.39. The van der Waals surface area contributed by atoms with Crippen molar-refractivity contribution in [2.24, 2.45) is 11.8 Å². The van der Waals surface area contributed by atoms with Gasteiger partial charge in [-0.3, -0.25) is 0 Å². The fraction of sp³-hybridized carbons (Fsp3) is 1.00. The van der Waals surface area contributed by atoms with Crippen molar-refractivity contribution in [3.63, 3.8) is 0 Å². The van der Waals surface area contributed by atoms with Crippen molar-refractivity contribution in [1.29, 1.82) is 0 Å². The molecule has 1 heteroatoms. The van der Waals surface area contributed by atoms with Gasteiger partial charge < -0.3 is 5.32 Å². The van der Waals surface area contributed by atoms with Crippen LogP contribution in [-0.4, -0.2) is 12.1 Å². The number of unbranched alkanes of at least 4 members (excludes halogenated alkanes) is 4. The summed E-state index contributed by atoms with van der Waals surface area (Å²) in [5, 5.41) is 3.88. The third kappa shape index (κ3) is 6.22. The first kappa shape index (κ1) is 16.0. The second kappa shape index (κ2) is 8.96. The average molecular weight is 253 g/mol. The summed E-state index contributed by atoms with van der Waals surface area (Å²) in [4.78, 5) is 0. The number of hydrogen-bond donors (Lipinski definition) is 1. The van der Waals surface area contributed by atoms with Gasteiger partial charge in [0.1, 0.15) is 0 Å². The fourth-order valence-electron chi connectivity index (χ4n) is 3.42. The molecule has 4 atom stereocenters. The Morgan fingerprint density at radius 1 is 1.06 bits per heavy atom. The van der Waals surface area contributed by atoms with Gasteiger partial charge in [0.25, 0.3) is 0 Å². The van der Waals surface area contributed by atoms with E-state index < -0.39 is 0 Å². The molecule has 0 bridgehead atoms. The molecule has 4 unspecified atom stereocenters. The van der Waals surface area contributed by atoms with Crippen LogP contribution in [-0.2, 0) is 0 Å². The van der Waals surface area contributed by atoms with Gasteiger partial charge in [0.15, 0.2) is 0 Å². The summed E-state index contributed by atoms with van der Waals surface area (Å²) < 4.78 is 0. The zero-order valence-corrected chi connectivity index (χ0v) is 13.2. The van der Waals surface area contributed by atoms with Crippen LogP contribution in [0.4, 0.5) is 0 Å². The summed E-state index contributed by atoms with van der Waals surface area (Å²) in [5.74, 6) is 1.82. The molecule has 18 heavy (non-hydrogen) atoms. The summed E-state index contributed by atoms with van der Waals surface area (Å²) >= 11 is 0. The predicted molar refractivity (Wildman–Crippen MR) is 81.9 cm³/mol. The Morgan fingerprint density at radius 3 is 2.44 bits per heavy atom. The molecular weight excluding hydrogens is 218 g/mol. The van der Waals surface area contributed by atoms with E-state index in [9.17, 15) is 0 Å². The van der Waals surface area contributed by atoms with Gasteiger partial charge in [0, 0.05) is 12.1 Å². The van der Waals surface area contributed by atoms with E-state index >= 15 is 0 Å². The maximum atomic E-state index is 3.88. The molecule has 1 N–H and O–H groups in total. The topological polar surface area (TPSA) is 12.0 Å². The summed E-state index contributed by atoms with van der Waals surface area (Å²) in [6.45, 7) is 9.51. The standard InChI is InChI=1S/C17H35N/c1-5-6-7-8-9-10-16(4)18-17-12-11-14(2)13-15(17)3/h14-18H,5-13H2,1-4H3. The molecule has 0 aromatic carbocycles.